The molecule has 3 aromatic rings. The van der Waals surface area contributed by atoms with E-state index in [1.54, 1.807) is 66.7 Å². The van der Waals surface area contributed by atoms with E-state index in [-0.39, 0.29) is 30.9 Å². The van der Waals surface area contributed by atoms with Crippen molar-refractivity contribution in [3.8, 4) is 5.75 Å². The van der Waals surface area contributed by atoms with Crippen LogP contribution in [0, 0.1) is 0 Å². The highest BCUT2D eigenvalue weighted by Gasteiger charge is 2.28. The summed E-state index contributed by atoms with van der Waals surface area (Å²) in [5.74, 6) is -0.596. The van der Waals surface area contributed by atoms with Gasteiger partial charge in [-0.3, -0.25) is 19.3 Å². The number of benzene rings is 3. The molecule has 31 heavy (non-hydrogen) atoms. The van der Waals surface area contributed by atoms with Gasteiger partial charge < -0.3 is 15.4 Å². The first kappa shape index (κ1) is 20.4. The molecule has 0 radical (unpaired) electrons. The molecule has 0 atom stereocenters. The topological polar surface area (TPSA) is 87.7 Å². The number of hydrogen-bond donors (Lipinski definition) is 2. The van der Waals surface area contributed by atoms with Gasteiger partial charge in [-0.05, 0) is 48.5 Å². The molecule has 2 N–H and O–H groups in total. The fourth-order valence-corrected chi connectivity index (χ4v) is 3.34. The standard InChI is InChI=1S/C23H18ClN3O4/c24-16-6-4-5-15(11-16)23(30)26-18-9-10-20-19(12-18)27(22(29)14-31-20)13-21(28)25-17-7-2-1-3-8-17/h1-12H,13-14H2,(H,25,28)(H,26,30). The smallest absolute Gasteiger partial charge is 0.265 e. The van der Waals surface area contributed by atoms with Gasteiger partial charge >= 0.3 is 0 Å². The minimum atomic E-state index is -0.353. The molecule has 0 unspecified atom stereocenters. The lowest BCUT2D eigenvalue weighted by Crippen LogP contribution is -2.43. The van der Waals surface area contributed by atoms with Crippen LogP contribution in [0.4, 0.5) is 17.1 Å². The fourth-order valence-electron chi connectivity index (χ4n) is 3.15. The summed E-state index contributed by atoms with van der Waals surface area (Å²) in [5, 5.41) is 5.98. The first-order valence-corrected chi connectivity index (χ1v) is 9.86. The van der Waals surface area contributed by atoms with E-state index in [4.69, 9.17) is 16.3 Å². The fraction of sp³-hybridized carbons (Fsp3) is 0.0870. The third-order valence-electron chi connectivity index (χ3n) is 4.61. The summed E-state index contributed by atoms with van der Waals surface area (Å²) in [6.45, 7) is -0.352. The molecule has 0 aliphatic carbocycles. The van der Waals surface area contributed by atoms with E-state index >= 15 is 0 Å². The highest BCUT2D eigenvalue weighted by molar-refractivity contribution is 6.31. The molecule has 1 heterocycles. The number of halogens is 1. The van der Waals surface area contributed by atoms with E-state index in [1.807, 2.05) is 6.07 Å². The highest BCUT2D eigenvalue weighted by atomic mass is 35.5. The molecule has 0 fully saturated rings. The summed E-state index contributed by atoms with van der Waals surface area (Å²) in [5.41, 5.74) is 1.89. The lowest BCUT2D eigenvalue weighted by Gasteiger charge is -2.29. The van der Waals surface area contributed by atoms with Gasteiger partial charge in [-0.1, -0.05) is 35.9 Å². The quantitative estimate of drug-likeness (QED) is 0.635. The summed E-state index contributed by atoms with van der Waals surface area (Å²) in [6.07, 6.45) is 0. The Morgan fingerprint density at radius 3 is 2.52 bits per heavy atom. The van der Waals surface area contributed by atoms with Crippen LogP contribution in [-0.2, 0) is 9.59 Å². The second-order valence-corrected chi connectivity index (χ2v) is 7.27. The van der Waals surface area contributed by atoms with Crippen LogP contribution in [0.3, 0.4) is 0 Å². The predicted octanol–water partition coefficient (Wildman–Crippen LogP) is 3.96. The number of carbonyl (C=O) groups is 3. The molecule has 156 valence electrons. The maximum absolute atomic E-state index is 12.5. The summed E-state index contributed by atoms with van der Waals surface area (Å²) >= 11 is 5.95. The second kappa shape index (κ2) is 8.89. The Morgan fingerprint density at radius 2 is 1.74 bits per heavy atom. The van der Waals surface area contributed by atoms with Crippen LogP contribution >= 0.6 is 11.6 Å². The van der Waals surface area contributed by atoms with Gasteiger partial charge in [0.05, 0.1) is 5.69 Å². The van der Waals surface area contributed by atoms with Crippen LogP contribution in [0.15, 0.2) is 72.8 Å². The second-order valence-electron chi connectivity index (χ2n) is 6.83. The highest BCUT2D eigenvalue weighted by Crippen LogP contribution is 2.34. The van der Waals surface area contributed by atoms with Crippen molar-refractivity contribution in [3.63, 3.8) is 0 Å². The van der Waals surface area contributed by atoms with E-state index in [0.717, 1.165) is 0 Å². The summed E-state index contributed by atoms with van der Waals surface area (Å²) in [7, 11) is 0. The van der Waals surface area contributed by atoms with Crippen LogP contribution in [-0.4, -0.2) is 30.9 Å². The molecular weight excluding hydrogens is 418 g/mol. The Kier molecular flexibility index (Phi) is 5.86. The molecule has 3 amide bonds. The Hall–Kier alpha value is -3.84. The molecular formula is C23H18ClN3O4. The van der Waals surface area contributed by atoms with Gasteiger partial charge in [-0.2, -0.15) is 0 Å². The third kappa shape index (κ3) is 4.84. The van der Waals surface area contributed by atoms with E-state index in [0.29, 0.717) is 33.4 Å². The van der Waals surface area contributed by atoms with Crippen molar-refractivity contribution < 1.29 is 19.1 Å². The zero-order chi connectivity index (χ0) is 21.8. The molecule has 1 aliphatic heterocycles. The van der Waals surface area contributed by atoms with Crippen molar-refractivity contribution in [1.82, 2.24) is 0 Å². The Bertz CT molecular complexity index is 1150. The van der Waals surface area contributed by atoms with Gasteiger partial charge in [0.25, 0.3) is 11.8 Å². The number of carbonyl (C=O) groups excluding carboxylic acids is 3. The third-order valence-corrected chi connectivity index (χ3v) is 4.84. The molecule has 8 heteroatoms. The van der Waals surface area contributed by atoms with E-state index in [9.17, 15) is 14.4 Å². The van der Waals surface area contributed by atoms with Crippen LogP contribution < -0.4 is 20.3 Å². The maximum Gasteiger partial charge on any atom is 0.265 e. The molecule has 0 bridgehead atoms. The largest absolute Gasteiger partial charge is 0.482 e. The molecule has 3 aromatic carbocycles. The number of nitrogens with zero attached hydrogens (tertiary/aromatic N) is 1. The number of ether oxygens (including phenoxy) is 1. The molecule has 0 spiro atoms. The average Bonchev–Trinajstić information content (AvgIpc) is 2.76. The van der Waals surface area contributed by atoms with Gasteiger partial charge in [0.2, 0.25) is 5.91 Å². The predicted molar refractivity (Wildman–Crippen MR) is 119 cm³/mol. The lowest BCUT2D eigenvalue weighted by molar-refractivity contribution is -0.123. The number of para-hydroxylation sites is 1. The van der Waals surface area contributed by atoms with Gasteiger partial charge in [0, 0.05) is 22.0 Å². The Balaban J connectivity index is 1.53. The first-order valence-electron chi connectivity index (χ1n) is 9.48. The molecule has 0 saturated heterocycles. The van der Waals surface area contributed by atoms with Gasteiger partial charge in [0.15, 0.2) is 6.61 Å². The van der Waals surface area contributed by atoms with Crippen molar-refractivity contribution in [2.75, 3.05) is 28.7 Å². The number of amides is 3. The number of anilines is 3. The minimum absolute atomic E-state index is 0.167. The molecule has 0 saturated carbocycles. The SMILES string of the molecule is O=C(CN1C(=O)COc2ccc(NC(=O)c3cccc(Cl)c3)cc21)Nc1ccccc1. The van der Waals surface area contributed by atoms with Crippen molar-refractivity contribution in [3.05, 3.63) is 83.4 Å². The number of fused-ring (bicyclic) bond motifs is 1. The zero-order valence-corrected chi connectivity index (χ0v) is 17.1. The number of nitrogens with one attached hydrogen (secondary N) is 2. The van der Waals surface area contributed by atoms with Gasteiger partial charge in [0.1, 0.15) is 12.3 Å². The van der Waals surface area contributed by atoms with Gasteiger partial charge in [-0.15, -0.1) is 0 Å². The number of rotatable bonds is 5. The van der Waals surface area contributed by atoms with Crippen molar-refractivity contribution in [1.29, 1.82) is 0 Å². The van der Waals surface area contributed by atoms with Crippen LogP contribution in [0.2, 0.25) is 5.02 Å². The van der Waals surface area contributed by atoms with Crippen molar-refractivity contribution in [2.24, 2.45) is 0 Å². The molecule has 4 rings (SSSR count). The summed E-state index contributed by atoms with van der Waals surface area (Å²) in [6, 6.07) is 20.5. The molecule has 1 aliphatic rings. The monoisotopic (exact) mass is 435 g/mol. The van der Waals surface area contributed by atoms with E-state index < -0.39 is 0 Å². The number of hydrogen-bond acceptors (Lipinski definition) is 4. The maximum atomic E-state index is 12.5. The van der Waals surface area contributed by atoms with E-state index in [2.05, 4.69) is 10.6 Å². The normalized spacial score (nSPS) is 12.5. The Labute approximate surface area is 183 Å². The minimum Gasteiger partial charge on any atom is -0.482 e. The van der Waals surface area contributed by atoms with Crippen molar-refractivity contribution in [2.45, 2.75) is 0 Å². The van der Waals surface area contributed by atoms with Crippen LogP contribution in [0.1, 0.15) is 10.4 Å². The molecule has 7 nitrogen and oxygen atoms in total. The first-order chi connectivity index (χ1) is 15.0. The van der Waals surface area contributed by atoms with Crippen molar-refractivity contribution >= 4 is 46.4 Å². The van der Waals surface area contributed by atoms with Gasteiger partial charge in [-0.25, -0.2) is 0 Å². The van der Waals surface area contributed by atoms with Crippen LogP contribution in [0.5, 0.6) is 5.75 Å². The average molecular weight is 436 g/mol. The zero-order valence-electron chi connectivity index (χ0n) is 16.3. The Morgan fingerprint density at radius 1 is 0.935 bits per heavy atom. The summed E-state index contributed by atoms with van der Waals surface area (Å²) < 4.78 is 5.47. The lowest BCUT2D eigenvalue weighted by atomic mass is 10.1. The summed E-state index contributed by atoms with van der Waals surface area (Å²) in [4.78, 5) is 38.8. The van der Waals surface area contributed by atoms with E-state index in [1.165, 1.54) is 4.90 Å². The molecule has 0 aromatic heterocycles. The van der Waals surface area contributed by atoms with Crippen LogP contribution in [0.25, 0.3) is 0 Å².